The maximum atomic E-state index is 13.0. The summed E-state index contributed by atoms with van der Waals surface area (Å²) in [7, 11) is 0. The first-order chi connectivity index (χ1) is 12.4. The van der Waals surface area contributed by atoms with Crippen LogP contribution in [0.3, 0.4) is 0 Å². The van der Waals surface area contributed by atoms with Gasteiger partial charge < -0.3 is 10.1 Å². The van der Waals surface area contributed by atoms with E-state index in [0.717, 1.165) is 17.7 Å². The minimum atomic E-state index is -4.58. The smallest absolute Gasteiger partial charge is 0.417 e. The molecule has 1 N–H and O–H groups in total. The van der Waals surface area contributed by atoms with Crippen molar-refractivity contribution in [3.05, 3.63) is 76.8 Å². The van der Waals surface area contributed by atoms with Crippen molar-refractivity contribution in [1.82, 2.24) is 10.3 Å². The molecule has 0 aliphatic rings. The van der Waals surface area contributed by atoms with Gasteiger partial charge >= 0.3 is 6.18 Å². The molecule has 0 radical (unpaired) electrons. The van der Waals surface area contributed by atoms with Gasteiger partial charge in [-0.15, -0.1) is 0 Å². The number of benzene rings is 2. The number of hydrogen-bond donors (Lipinski definition) is 1. The van der Waals surface area contributed by atoms with Crippen LogP contribution in [0.4, 0.5) is 13.2 Å². The second-order valence-corrected chi connectivity index (χ2v) is 6.13. The molecule has 4 nitrogen and oxygen atoms in total. The van der Waals surface area contributed by atoms with Gasteiger partial charge in [-0.3, -0.25) is 4.79 Å². The van der Waals surface area contributed by atoms with E-state index in [1.807, 2.05) is 0 Å². The molecule has 0 aliphatic carbocycles. The van der Waals surface area contributed by atoms with Gasteiger partial charge in [0.15, 0.2) is 0 Å². The lowest BCUT2D eigenvalue weighted by Gasteiger charge is -2.12. The predicted octanol–water partition coefficient (Wildman–Crippen LogP) is 4.88. The van der Waals surface area contributed by atoms with Gasteiger partial charge in [0, 0.05) is 18.1 Å². The van der Waals surface area contributed by atoms with E-state index in [2.05, 4.69) is 10.3 Å². The molecule has 0 atom stereocenters. The van der Waals surface area contributed by atoms with Crippen LogP contribution in [0.15, 0.2) is 60.1 Å². The Balaban J connectivity index is 1.63. The van der Waals surface area contributed by atoms with E-state index in [9.17, 15) is 18.0 Å². The van der Waals surface area contributed by atoms with E-state index in [-0.39, 0.29) is 6.54 Å². The molecule has 0 unspecified atom stereocenters. The van der Waals surface area contributed by atoms with Crippen LogP contribution in [0.2, 0.25) is 0 Å². The fourth-order valence-corrected chi connectivity index (χ4v) is 2.75. The average molecular weight is 378 g/mol. The van der Waals surface area contributed by atoms with E-state index < -0.39 is 23.2 Å². The molecule has 3 aromatic rings. The summed E-state index contributed by atoms with van der Waals surface area (Å²) in [5.41, 5.74) is -0.622. The number of ether oxygens (including phenoxy) is 1. The van der Waals surface area contributed by atoms with Crippen molar-refractivity contribution in [2.24, 2.45) is 0 Å². The average Bonchev–Trinajstić information content (AvgIpc) is 3.13. The van der Waals surface area contributed by atoms with Gasteiger partial charge in [-0.25, -0.2) is 4.98 Å². The summed E-state index contributed by atoms with van der Waals surface area (Å²) < 4.78 is 44.4. The monoisotopic (exact) mass is 378 g/mol. The van der Waals surface area contributed by atoms with Gasteiger partial charge in [0.1, 0.15) is 5.75 Å². The van der Waals surface area contributed by atoms with Gasteiger partial charge in [0.05, 0.1) is 11.1 Å². The minimum absolute atomic E-state index is 0.0998. The summed E-state index contributed by atoms with van der Waals surface area (Å²) in [5.74, 6) is -0.196. The van der Waals surface area contributed by atoms with E-state index in [0.29, 0.717) is 10.9 Å². The molecule has 1 aromatic heterocycles. The van der Waals surface area contributed by atoms with E-state index in [1.165, 1.54) is 23.5 Å². The third-order valence-corrected chi connectivity index (χ3v) is 4.12. The molecule has 0 saturated carbocycles. The van der Waals surface area contributed by atoms with Crippen LogP contribution in [0.5, 0.6) is 10.9 Å². The van der Waals surface area contributed by atoms with Gasteiger partial charge in [-0.2, -0.15) is 13.2 Å². The van der Waals surface area contributed by atoms with Crippen LogP contribution >= 0.6 is 11.3 Å². The summed E-state index contributed by atoms with van der Waals surface area (Å²) in [6.45, 7) is 0.0998. The van der Waals surface area contributed by atoms with E-state index >= 15 is 0 Å². The first-order valence-electron chi connectivity index (χ1n) is 7.54. The van der Waals surface area contributed by atoms with Crippen molar-refractivity contribution in [1.29, 1.82) is 0 Å². The van der Waals surface area contributed by atoms with Gasteiger partial charge in [0.25, 0.3) is 11.1 Å². The number of carbonyl (C=O) groups excluding carboxylic acids is 1. The number of aromatic nitrogens is 1. The van der Waals surface area contributed by atoms with Crippen molar-refractivity contribution in [2.45, 2.75) is 12.7 Å². The van der Waals surface area contributed by atoms with Crippen LogP contribution in [0, 0.1) is 0 Å². The summed E-state index contributed by atoms with van der Waals surface area (Å²) >= 11 is 1.35. The van der Waals surface area contributed by atoms with E-state index in [4.69, 9.17) is 4.74 Å². The SMILES string of the molecule is O=C(NCc1ccc(Oc2nccs2)cc1)c1ccccc1C(F)(F)F. The molecule has 0 bridgehead atoms. The number of amides is 1. The Morgan fingerprint density at radius 1 is 1.12 bits per heavy atom. The molecule has 134 valence electrons. The number of thiazole rings is 1. The van der Waals surface area contributed by atoms with Crippen molar-refractivity contribution in [3.8, 4) is 10.9 Å². The quantitative estimate of drug-likeness (QED) is 0.688. The standard InChI is InChI=1S/C18H13F3N2O2S/c19-18(20,21)15-4-2-1-3-14(15)16(24)23-11-12-5-7-13(8-6-12)25-17-22-9-10-26-17/h1-10H,11H2,(H,23,24). The Kier molecular flexibility index (Phi) is 5.22. The molecule has 0 aliphatic heterocycles. The van der Waals surface area contributed by atoms with Crippen LogP contribution in [-0.2, 0) is 12.7 Å². The van der Waals surface area contributed by atoms with Crippen LogP contribution < -0.4 is 10.1 Å². The minimum Gasteiger partial charge on any atom is -0.431 e. The Morgan fingerprint density at radius 3 is 2.50 bits per heavy atom. The number of alkyl halides is 3. The largest absolute Gasteiger partial charge is 0.431 e. The Labute approximate surface area is 151 Å². The molecular weight excluding hydrogens is 365 g/mol. The molecular formula is C18H13F3N2O2S. The van der Waals surface area contributed by atoms with Crippen molar-refractivity contribution in [3.63, 3.8) is 0 Å². The van der Waals surface area contributed by atoms with Gasteiger partial charge in [-0.1, -0.05) is 35.6 Å². The van der Waals surface area contributed by atoms with Crippen LogP contribution in [0.25, 0.3) is 0 Å². The third-order valence-electron chi connectivity index (χ3n) is 3.47. The predicted molar refractivity (Wildman–Crippen MR) is 91.2 cm³/mol. The Bertz CT molecular complexity index is 878. The number of nitrogens with zero attached hydrogens (tertiary/aromatic N) is 1. The third kappa shape index (κ3) is 4.40. The molecule has 2 aromatic carbocycles. The maximum absolute atomic E-state index is 13.0. The Morgan fingerprint density at radius 2 is 1.85 bits per heavy atom. The maximum Gasteiger partial charge on any atom is 0.417 e. The number of nitrogens with one attached hydrogen (secondary N) is 1. The number of hydrogen-bond acceptors (Lipinski definition) is 4. The fourth-order valence-electron chi connectivity index (χ4n) is 2.24. The van der Waals surface area contributed by atoms with Crippen molar-refractivity contribution >= 4 is 17.2 Å². The number of rotatable bonds is 5. The molecule has 8 heteroatoms. The highest BCUT2D eigenvalue weighted by atomic mass is 32.1. The first-order valence-corrected chi connectivity index (χ1v) is 8.42. The summed E-state index contributed by atoms with van der Waals surface area (Å²) in [5, 5.41) is 4.80. The second-order valence-electron chi connectivity index (χ2n) is 5.27. The second kappa shape index (κ2) is 7.57. The normalized spacial score (nSPS) is 11.2. The van der Waals surface area contributed by atoms with Crippen LogP contribution in [-0.4, -0.2) is 10.9 Å². The fraction of sp³-hybridized carbons (Fsp3) is 0.111. The zero-order chi connectivity index (χ0) is 18.6. The van der Waals surface area contributed by atoms with Crippen molar-refractivity contribution in [2.75, 3.05) is 0 Å². The van der Waals surface area contributed by atoms with Gasteiger partial charge in [-0.05, 0) is 29.8 Å². The zero-order valence-electron chi connectivity index (χ0n) is 13.3. The summed E-state index contributed by atoms with van der Waals surface area (Å²) in [4.78, 5) is 16.1. The highest BCUT2D eigenvalue weighted by Gasteiger charge is 2.34. The zero-order valence-corrected chi connectivity index (χ0v) is 14.1. The molecule has 1 amide bonds. The van der Waals surface area contributed by atoms with Crippen LogP contribution in [0.1, 0.15) is 21.5 Å². The molecule has 26 heavy (non-hydrogen) atoms. The first kappa shape index (κ1) is 17.9. The highest BCUT2D eigenvalue weighted by Crippen LogP contribution is 2.31. The molecule has 0 spiro atoms. The molecule has 0 fully saturated rings. The lowest BCUT2D eigenvalue weighted by atomic mass is 10.1. The lowest BCUT2D eigenvalue weighted by Crippen LogP contribution is -2.25. The van der Waals surface area contributed by atoms with E-state index in [1.54, 1.807) is 35.8 Å². The molecule has 1 heterocycles. The summed E-state index contributed by atoms with van der Waals surface area (Å²) in [6.07, 6.45) is -2.95. The Hall–Kier alpha value is -2.87. The molecule has 0 saturated heterocycles. The van der Waals surface area contributed by atoms with Gasteiger partial charge in [0.2, 0.25) is 0 Å². The molecule has 3 rings (SSSR count). The van der Waals surface area contributed by atoms with Crippen molar-refractivity contribution < 1.29 is 22.7 Å². The number of carbonyl (C=O) groups is 1. The topological polar surface area (TPSA) is 51.2 Å². The highest BCUT2D eigenvalue weighted by molar-refractivity contribution is 7.11. The number of halogens is 3. The summed E-state index contributed by atoms with van der Waals surface area (Å²) in [6, 6.07) is 11.5. The lowest BCUT2D eigenvalue weighted by molar-refractivity contribution is -0.137.